The predicted octanol–water partition coefficient (Wildman–Crippen LogP) is 5.46. The van der Waals surface area contributed by atoms with Crippen molar-refractivity contribution in [3.8, 4) is 22.7 Å². The molecule has 2 aromatic carbocycles. The Balaban J connectivity index is 1.86. The summed E-state index contributed by atoms with van der Waals surface area (Å²) in [6.07, 6.45) is 3.54. The van der Waals surface area contributed by atoms with Crippen LogP contribution in [0.5, 0.6) is 5.75 Å². The standard InChI is InChI=1S/C24H22N4O4S2/c1-4-32-20-11-10-16(12-19(20)28(30)31)22-17(14-26(25-22)18-8-6-5-7-9-18)13-21-23(29)27(15(2)3)24(33)34-21/h5-15H,4H2,1-3H3. The molecule has 1 aliphatic heterocycles. The van der Waals surface area contributed by atoms with Crippen LogP contribution in [0.15, 0.2) is 59.6 Å². The predicted molar refractivity (Wildman–Crippen MR) is 137 cm³/mol. The van der Waals surface area contributed by atoms with Gasteiger partial charge in [-0.25, -0.2) is 4.68 Å². The van der Waals surface area contributed by atoms with Gasteiger partial charge >= 0.3 is 5.69 Å². The first-order chi connectivity index (χ1) is 16.3. The summed E-state index contributed by atoms with van der Waals surface area (Å²) in [5, 5.41) is 16.4. The highest BCUT2D eigenvalue weighted by Gasteiger charge is 2.34. The Hall–Kier alpha value is -3.50. The molecule has 0 N–H and O–H groups in total. The summed E-state index contributed by atoms with van der Waals surface area (Å²) in [5.41, 5.74) is 2.36. The second-order valence-corrected chi connectivity index (χ2v) is 9.41. The number of nitro benzene ring substituents is 1. The third-order valence-corrected chi connectivity index (χ3v) is 6.45. The molecular weight excluding hydrogens is 472 g/mol. The molecule has 4 rings (SSSR count). The Kier molecular flexibility index (Phi) is 6.80. The number of amides is 1. The van der Waals surface area contributed by atoms with Gasteiger partial charge in [-0.2, -0.15) is 5.10 Å². The highest BCUT2D eigenvalue weighted by atomic mass is 32.2. The van der Waals surface area contributed by atoms with Crippen LogP contribution < -0.4 is 4.74 Å². The van der Waals surface area contributed by atoms with E-state index in [1.54, 1.807) is 40.9 Å². The van der Waals surface area contributed by atoms with E-state index in [1.165, 1.54) is 17.8 Å². The number of carbonyl (C=O) groups is 1. The minimum absolute atomic E-state index is 0.0568. The lowest BCUT2D eigenvalue weighted by Crippen LogP contribution is -2.34. The Morgan fingerprint density at radius 1 is 1.24 bits per heavy atom. The molecule has 1 amide bonds. The van der Waals surface area contributed by atoms with Crippen LogP contribution in [0, 0.1) is 10.1 Å². The van der Waals surface area contributed by atoms with Crippen LogP contribution in [0.4, 0.5) is 5.69 Å². The van der Waals surface area contributed by atoms with Gasteiger partial charge in [0.1, 0.15) is 10.0 Å². The molecule has 0 saturated carbocycles. The summed E-state index contributed by atoms with van der Waals surface area (Å²) in [7, 11) is 0. The third-order valence-electron chi connectivity index (χ3n) is 5.12. The Labute approximate surface area is 206 Å². The maximum atomic E-state index is 13.0. The van der Waals surface area contributed by atoms with E-state index in [1.807, 2.05) is 44.2 Å². The number of aromatic nitrogens is 2. The van der Waals surface area contributed by atoms with E-state index in [9.17, 15) is 14.9 Å². The SMILES string of the molecule is CCOc1ccc(-c2nn(-c3ccccc3)cc2C=C2SC(=S)N(C(C)C)C2=O)cc1[N+](=O)[O-]. The quantitative estimate of drug-likeness (QED) is 0.187. The zero-order valence-electron chi connectivity index (χ0n) is 18.8. The van der Waals surface area contributed by atoms with Crippen LogP contribution in [0.3, 0.4) is 0 Å². The second-order valence-electron chi connectivity index (χ2n) is 7.73. The van der Waals surface area contributed by atoms with Gasteiger partial charge in [-0.1, -0.05) is 42.2 Å². The largest absolute Gasteiger partial charge is 0.487 e. The Morgan fingerprint density at radius 3 is 2.59 bits per heavy atom. The van der Waals surface area contributed by atoms with Crippen LogP contribution in [0.1, 0.15) is 26.3 Å². The van der Waals surface area contributed by atoms with Crippen molar-refractivity contribution in [2.45, 2.75) is 26.8 Å². The number of hydrogen-bond acceptors (Lipinski definition) is 7. The first kappa shape index (κ1) is 23.7. The molecule has 3 aromatic rings. The topological polar surface area (TPSA) is 90.5 Å². The van der Waals surface area contributed by atoms with Gasteiger partial charge in [0.25, 0.3) is 5.91 Å². The fraction of sp³-hybridized carbons (Fsp3) is 0.208. The van der Waals surface area contributed by atoms with Gasteiger partial charge in [0, 0.05) is 29.4 Å². The second kappa shape index (κ2) is 9.78. The normalized spacial score (nSPS) is 14.9. The van der Waals surface area contributed by atoms with Crippen LogP contribution in [-0.2, 0) is 4.79 Å². The van der Waals surface area contributed by atoms with Gasteiger partial charge in [0.15, 0.2) is 5.75 Å². The van der Waals surface area contributed by atoms with Gasteiger partial charge < -0.3 is 4.74 Å². The maximum Gasteiger partial charge on any atom is 0.311 e. The molecule has 2 heterocycles. The molecule has 10 heteroatoms. The number of nitrogens with zero attached hydrogens (tertiary/aromatic N) is 4. The molecule has 1 fully saturated rings. The van der Waals surface area contributed by atoms with Crippen molar-refractivity contribution in [3.05, 3.63) is 75.3 Å². The fourth-order valence-corrected chi connectivity index (χ4v) is 5.10. The van der Waals surface area contributed by atoms with Gasteiger partial charge in [0.05, 0.1) is 22.1 Å². The Morgan fingerprint density at radius 2 is 1.97 bits per heavy atom. The van der Waals surface area contributed by atoms with Crippen molar-refractivity contribution in [2.75, 3.05) is 6.61 Å². The molecule has 1 aliphatic rings. The van der Waals surface area contributed by atoms with Gasteiger partial charge in [-0.05, 0) is 51.1 Å². The lowest BCUT2D eigenvalue weighted by molar-refractivity contribution is -0.385. The average Bonchev–Trinajstić information content (AvgIpc) is 3.35. The number of carbonyl (C=O) groups excluding carboxylic acids is 1. The van der Waals surface area contributed by atoms with Crippen LogP contribution in [0.25, 0.3) is 23.0 Å². The summed E-state index contributed by atoms with van der Waals surface area (Å²) in [6.45, 7) is 5.90. The van der Waals surface area contributed by atoms with E-state index in [0.717, 1.165) is 5.69 Å². The monoisotopic (exact) mass is 494 g/mol. The van der Waals surface area contributed by atoms with Crippen LogP contribution in [0.2, 0.25) is 0 Å². The highest BCUT2D eigenvalue weighted by Crippen LogP contribution is 2.37. The molecule has 0 unspecified atom stereocenters. The molecule has 174 valence electrons. The molecule has 0 atom stereocenters. The lowest BCUT2D eigenvalue weighted by atomic mass is 10.1. The summed E-state index contributed by atoms with van der Waals surface area (Å²) in [5.74, 6) is 0.0270. The number of hydrogen-bond donors (Lipinski definition) is 0. The smallest absolute Gasteiger partial charge is 0.311 e. The minimum Gasteiger partial charge on any atom is -0.487 e. The van der Waals surface area contributed by atoms with E-state index >= 15 is 0 Å². The van der Waals surface area contributed by atoms with Crippen molar-refractivity contribution in [1.29, 1.82) is 0 Å². The first-order valence-electron chi connectivity index (χ1n) is 10.6. The van der Waals surface area contributed by atoms with E-state index in [4.69, 9.17) is 22.1 Å². The molecule has 8 nitrogen and oxygen atoms in total. The number of ether oxygens (including phenoxy) is 1. The number of thioether (sulfide) groups is 1. The molecule has 0 spiro atoms. The van der Waals surface area contributed by atoms with Gasteiger partial charge in [-0.15, -0.1) is 0 Å². The molecule has 1 aromatic heterocycles. The number of para-hydroxylation sites is 1. The van der Waals surface area contributed by atoms with Crippen molar-refractivity contribution >= 4 is 46.0 Å². The van der Waals surface area contributed by atoms with E-state index < -0.39 is 4.92 Å². The van der Waals surface area contributed by atoms with Crippen LogP contribution in [-0.4, -0.2) is 42.5 Å². The first-order valence-corrected chi connectivity index (χ1v) is 11.9. The molecule has 0 aliphatic carbocycles. The van der Waals surface area contributed by atoms with Crippen molar-refractivity contribution in [2.24, 2.45) is 0 Å². The maximum absolute atomic E-state index is 13.0. The number of nitro groups is 1. The molecule has 1 saturated heterocycles. The van der Waals surface area contributed by atoms with Gasteiger partial charge in [0.2, 0.25) is 0 Å². The molecule has 0 bridgehead atoms. The minimum atomic E-state index is -0.476. The summed E-state index contributed by atoms with van der Waals surface area (Å²) < 4.78 is 7.60. The molecule has 34 heavy (non-hydrogen) atoms. The molecular formula is C24H22N4O4S2. The average molecular weight is 495 g/mol. The zero-order chi connectivity index (χ0) is 24.4. The number of thiocarbonyl (C=S) groups is 1. The van der Waals surface area contributed by atoms with E-state index in [2.05, 4.69) is 0 Å². The number of rotatable bonds is 7. The Bertz CT molecular complexity index is 1300. The number of benzene rings is 2. The van der Waals surface area contributed by atoms with Crippen molar-refractivity contribution < 1.29 is 14.5 Å². The van der Waals surface area contributed by atoms with E-state index in [0.29, 0.717) is 32.7 Å². The van der Waals surface area contributed by atoms with E-state index in [-0.39, 0.29) is 23.4 Å². The van der Waals surface area contributed by atoms with Crippen LogP contribution >= 0.6 is 24.0 Å². The van der Waals surface area contributed by atoms with Crippen molar-refractivity contribution in [3.63, 3.8) is 0 Å². The summed E-state index contributed by atoms with van der Waals surface area (Å²) in [4.78, 5) is 26.2. The van der Waals surface area contributed by atoms with Gasteiger partial charge in [-0.3, -0.25) is 19.8 Å². The zero-order valence-corrected chi connectivity index (χ0v) is 20.4. The molecule has 0 radical (unpaired) electrons. The lowest BCUT2D eigenvalue weighted by Gasteiger charge is -2.18. The summed E-state index contributed by atoms with van der Waals surface area (Å²) >= 11 is 6.63. The fourth-order valence-electron chi connectivity index (χ4n) is 3.58. The third kappa shape index (κ3) is 4.59. The summed E-state index contributed by atoms with van der Waals surface area (Å²) in [6, 6.07) is 14.2. The highest BCUT2D eigenvalue weighted by molar-refractivity contribution is 8.26. The van der Waals surface area contributed by atoms with Crippen molar-refractivity contribution in [1.82, 2.24) is 14.7 Å².